The summed E-state index contributed by atoms with van der Waals surface area (Å²) in [7, 11) is 0. The number of amides is 1. The molecule has 0 bridgehead atoms. The van der Waals surface area contributed by atoms with Crippen molar-refractivity contribution in [3.05, 3.63) is 107 Å². The average molecular weight is 392 g/mol. The van der Waals surface area contributed by atoms with Gasteiger partial charge in [-0.15, -0.1) is 0 Å². The van der Waals surface area contributed by atoms with Crippen molar-refractivity contribution in [1.82, 2.24) is 5.32 Å². The maximum Gasteiger partial charge on any atom is 0.244 e. The van der Waals surface area contributed by atoms with E-state index >= 15 is 0 Å². The zero-order chi connectivity index (χ0) is 20.5. The van der Waals surface area contributed by atoms with Gasteiger partial charge in [0.25, 0.3) is 0 Å². The summed E-state index contributed by atoms with van der Waals surface area (Å²) in [6.45, 7) is 1.16. The minimum Gasteiger partial charge on any atom is -0.381 e. The van der Waals surface area contributed by atoms with Crippen molar-refractivity contribution in [2.24, 2.45) is 0 Å². The molecule has 1 amide bonds. The second kappa shape index (κ2) is 10.2. The first kappa shape index (κ1) is 20.3. The predicted octanol–water partition coefficient (Wildman–Crippen LogP) is 4.95. The molecule has 0 saturated heterocycles. The number of hydrogen-bond acceptors (Lipinski definition) is 2. The Balaban J connectivity index is 1.47. The summed E-state index contributed by atoms with van der Waals surface area (Å²) in [5, 5.41) is 6.11. The zero-order valence-corrected chi connectivity index (χ0v) is 15.9. The van der Waals surface area contributed by atoms with Crippen molar-refractivity contribution >= 4 is 17.7 Å². The molecule has 0 atom stereocenters. The van der Waals surface area contributed by atoms with E-state index < -0.39 is 17.5 Å². The third-order valence-electron chi connectivity index (χ3n) is 4.38. The first-order valence-electron chi connectivity index (χ1n) is 9.38. The fraction of sp³-hybridized carbons (Fsp3) is 0.125. The Morgan fingerprint density at radius 3 is 2.31 bits per heavy atom. The van der Waals surface area contributed by atoms with Crippen molar-refractivity contribution < 1.29 is 13.6 Å². The topological polar surface area (TPSA) is 41.1 Å². The third-order valence-corrected chi connectivity index (χ3v) is 4.38. The smallest absolute Gasteiger partial charge is 0.244 e. The minimum absolute atomic E-state index is 0.222. The second-order valence-electron chi connectivity index (χ2n) is 6.55. The molecule has 0 aliphatic heterocycles. The lowest BCUT2D eigenvalue weighted by molar-refractivity contribution is -0.116. The SMILES string of the molecule is O=C(C=Cc1c(F)cccc1F)NCCc1cccc(NCc2ccccc2)c1. The first-order chi connectivity index (χ1) is 14.1. The van der Waals surface area contributed by atoms with Gasteiger partial charge in [0.15, 0.2) is 0 Å². The van der Waals surface area contributed by atoms with Crippen LogP contribution in [-0.2, 0) is 17.8 Å². The predicted molar refractivity (Wildman–Crippen MR) is 112 cm³/mol. The average Bonchev–Trinajstić information content (AvgIpc) is 2.73. The summed E-state index contributed by atoms with van der Waals surface area (Å²) < 4.78 is 27.1. The van der Waals surface area contributed by atoms with E-state index in [-0.39, 0.29) is 5.56 Å². The van der Waals surface area contributed by atoms with E-state index in [4.69, 9.17) is 0 Å². The number of rotatable bonds is 8. The highest BCUT2D eigenvalue weighted by atomic mass is 19.1. The number of carbonyl (C=O) groups is 1. The minimum atomic E-state index is -0.700. The first-order valence-corrected chi connectivity index (χ1v) is 9.38. The molecule has 0 radical (unpaired) electrons. The molecule has 5 heteroatoms. The molecule has 0 aliphatic carbocycles. The molecule has 148 valence electrons. The highest BCUT2D eigenvalue weighted by Crippen LogP contribution is 2.14. The van der Waals surface area contributed by atoms with Crippen molar-refractivity contribution in [2.75, 3.05) is 11.9 Å². The van der Waals surface area contributed by atoms with Crippen LogP contribution >= 0.6 is 0 Å². The summed E-state index contributed by atoms with van der Waals surface area (Å²) in [6.07, 6.45) is 2.93. The summed E-state index contributed by atoms with van der Waals surface area (Å²) >= 11 is 0. The Labute approximate surface area is 169 Å². The number of nitrogens with one attached hydrogen (secondary N) is 2. The molecule has 3 aromatic rings. The van der Waals surface area contributed by atoms with E-state index in [1.54, 1.807) is 0 Å². The van der Waals surface area contributed by atoms with E-state index in [0.29, 0.717) is 13.0 Å². The van der Waals surface area contributed by atoms with Crippen molar-refractivity contribution in [2.45, 2.75) is 13.0 Å². The van der Waals surface area contributed by atoms with Gasteiger partial charge in [0.05, 0.1) is 0 Å². The van der Waals surface area contributed by atoms with E-state index in [1.807, 2.05) is 42.5 Å². The molecular weight excluding hydrogens is 370 g/mol. The van der Waals surface area contributed by atoms with Gasteiger partial charge in [0.1, 0.15) is 11.6 Å². The Kier molecular flexibility index (Phi) is 7.11. The summed E-state index contributed by atoms with van der Waals surface area (Å²) in [5.74, 6) is -1.80. The van der Waals surface area contributed by atoms with Gasteiger partial charge in [-0.05, 0) is 47.9 Å². The lowest BCUT2D eigenvalue weighted by Gasteiger charge is -2.09. The number of hydrogen-bond donors (Lipinski definition) is 2. The van der Waals surface area contributed by atoms with Gasteiger partial charge in [-0.1, -0.05) is 48.5 Å². The zero-order valence-electron chi connectivity index (χ0n) is 15.9. The Morgan fingerprint density at radius 1 is 0.862 bits per heavy atom. The monoisotopic (exact) mass is 392 g/mol. The molecule has 0 saturated carbocycles. The Bertz CT molecular complexity index is 967. The molecule has 3 aromatic carbocycles. The summed E-state index contributed by atoms with van der Waals surface area (Å²) in [4.78, 5) is 11.9. The maximum atomic E-state index is 13.6. The Morgan fingerprint density at radius 2 is 1.55 bits per heavy atom. The van der Waals surface area contributed by atoms with Gasteiger partial charge in [0, 0.05) is 30.4 Å². The van der Waals surface area contributed by atoms with E-state index in [9.17, 15) is 13.6 Å². The van der Waals surface area contributed by atoms with Gasteiger partial charge in [-0.3, -0.25) is 4.79 Å². The quantitative estimate of drug-likeness (QED) is 0.533. The van der Waals surface area contributed by atoms with Gasteiger partial charge in [-0.2, -0.15) is 0 Å². The molecule has 0 fully saturated rings. The maximum absolute atomic E-state index is 13.6. The molecule has 3 nitrogen and oxygen atoms in total. The highest BCUT2D eigenvalue weighted by Gasteiger charge is 2.05. The molecule has 0 heterocycles. The van der Waals surface area contributed by atoms with E-state index in [1.165, 1.54) is 11.6 Å². The molecule has 0 aliphatic rings. The molecule has 3 rings (SSSR count). The van der Waals surface area contributed by atoms with Gasteiger partial charge >= 0.3 is 0 Å². The molecule has 0 aromatic heterocycles. The highest BCUT2D eigenvalue weighted by molar-refractivity contribution is 5.91. The lowest BCUT2D eigenvalue weighted by Crippen LogP contribution is -2.23. The molecule has 0 unspecified atom stereocenters. The Hall–Kier alpha value is -3.47. The molecule has 2 N–H and O–H groups in total. The van der Waals surface area contributed by atoms with Gasteiger partial charge in [-0.25, -0.2) is 8.78 Å². The van der Waals surface area contributed by atoms with Crippen LogP contribution in [0.15, 0.2) is 78.9 Å². The molecular formula is C24H22F2N2O. The fourth-order valence-electron chi connectivity index (χ4n) is 2.85. The van der Waals surface area contributed by atoms with Crippen LogP contribution in [0.1, 0.15) is 16.7 Å². The van der Waals surface area contributed by atoms with Crippen LogP contribution in [0.4, 0.5) is 14.5 Å². The van der Waals surface area contributed by atoms with Crippen molar-refractivity contribution in [3.63, 3.8) is 0 Å². The van der Waals surface area contributed by atoms with E-state index in [2.05, 4.69) is 22.8 Å². The van der Waals surface area contributed by atoms with Crippen LogP contribution < -0.4 is 10.6 Å². The van der Waals surface area contributed by atoms with Gasteiger partial charge in [0.2, 0.25) is 5.91 Å². The molecule has 29 heavy (non-hydrogen) atoms. The van der Waals surface area contributed by atoms with Crippen molar-refractivity contribution in [1.29, 1.82) is 0 Å². The third kappa shape index (κ3) is 6.28. The van der Waals surface area contributed by atoms with Crippen LogP contribution in [0.2, 0.25) is 0 Å². The van der Waals surface area contributed by atoms with E-state index in [0.717, 1.165) is 42.1 Å². The van der Waals surface area contributed by atoms with Crippen LogP contribution in [0.25, 0.3) is 6.08 Å². The number of carbonyl (C=O) groups excluding carboxylic acids is 1. The fourth-order valence-corrected chi connectivity index (χ4v) is 2.85. The number of benzene rings is 3. The van der Waals surface area contributed by atoms with Gasteiger partial charge < -0.3 is 10.6 Å². The normalized spacial score (nSPS) is 10.8. The lowest BCUT2D eigenvalue weighted by atomic mass is 10.1. The van der Waals surface area contributed by atoms with Crippen LogP contribution in [-0.4, -0.2) is 12.5 Å². The standard InChI is InChI=1S/C24H22F2N2O/c25-22-10-5-11-23(26)21(22)12-13-24(29)27-15-14-18-8-4-9-20(16-18)28-17-19-6-2-1-3-7-19/h1-13,16,28H,14-15,17H2,(H,27,29). The second-order valence-corrected chi connectivity index (χ2v) is 6.55. The summed E-state index contributed by atoms with van der Waals surface area (Å²) in [5.41, 5.74) is 3.06. The van der Waals surface area contributed by atoms with Crippen LogP contribution in [0.5, 0.6) is 0 Å². The number of anilines is 1. The largest absolute Gasteiger partial charge is 0.381 e. The van der Waals surface area contributed by atoms with Crippen LogP contribution in [0, 0.1) is 11.6 Å². The van der Waals surface area contributed by atoms with Crippen LogP contribution in [0.3, 0.4) is 0 Å². The molecule has 0 spiro atoms. The number of halogens is 2. The van der Waals surface area contributed by atoms with Crippen molar-refractivity contribution in [3.8, 4) is 0 Å². The summed E-state index contributed by atoms with van der Waals surface area (Å²) in [6, 6.07) is 21.7.